The Kier molecular flexibility index (Phi) is 5.08. The molecule has 0 radical (unpaired) electrons. The second-order valence-corrected chi connectivity index (χ2v) is 7.65. The van der Waals surface area contributed by atoms with Crippen molar-refractivity contribution in [3.63, 3.8) is 0 Å². The minimum Gasteiger partial charge on any atom is -0.308 e. The number of aryl methyl sites for hydroxylation is 2. The van der Waals surface area contributed by atoms with Gasteiger partial charge in [-0.2, -0.15) is 5.10 Å². The molecular formula is C17H20ClN5OS. The van der Waals surface area contributed by atoms with Gasteiger partial charge in [-0.15, -0.1) is 0 Å². The van der Waals surface area contributed by atoms with Crippen molar-refractivity contribution in [1.82, 2.24) is 19.7 Å². The number of nitrogens with zero attached hydrogens (tertiary/aromatic N) is 5. The minimum absolute atomic E-state index is 0.134. The molecule has 0 bridgehead atoms. The van der Waals surface area contributed by atoms with Crippen molar-refractivity contribution in [2.45, 2.75) is 6.92 Å². The second-order valence-electron chi connectivity index (χ2n) is 6.20. The van der Waals surface area contributed by atoms with E-state index >= 15 is 0 Å². The SMILES string of the molecule is Cc1cn(C)nc1C(=O)N(CCN(C)C)c1nc2ccc(Cl)cc2s1. The van der Waals surface area contributed by atoms with E-state index in [-0.39, 0.29) is 5.91 Å². The van der Waals surface area contributed by atoms with Crippen LogP contribution in [-0.2, 0) is 7.05 Å². The summed E-state index contributed by atoms with van der Waals surface area (Å²) < 4.78 is 2.62. The van der Waals surface area contributed by atoms with Crippen LogP contribution in [0.15, 0.2) is 24.4 Å². The molecular weight excluding hydrogens is 358 g/mol. The zero-order chi connectivity index (χ0) is 18.1. The number of anilines is 1. The third-order valence-corrected chi connectivity index (χ3v) is 5.08. The van der Waals surface area contributed by atoms with Gasteiger partial charge in [0.25, 0.3) is 5.91 Å². The number of benzene rings is 1. The average molecular weight is 378 g/mol. The monoisotopic (exact) mass is 377 g/mol. The van der Waals surface area contributed by atoms with Crippen LogP contribution in [0.5, 0.6) is 0 Å². The van der Waals surface area contributed by atoms with Crippen LogP contribution in [0.2, 0.25) is 5.02 Å². The Morgan fingerprint density at radius 3 is 2.72 bits per heavy atom. The van der Waals surface area contributed by atoms with Crippen LogP contribution >= 0.6 is 22.9 Å². The molecule has 2 heterocycles. The molecule has 2 aromatic heterocycles. The largest absolute Gasteiger partial charge is 0.308 e. The molecule has 6 nitrogen and oxygen atoms in total. The van der Waals surface area contributed by atoms with E-state index in [1.54, 1.807) is 9.58 Å². The fourth-order valence-corrected chi connectivity index (χ4v) is 3.80. The lowest BCUT2D eigenvalue weighted by Crippen LogP contribution is -2.37. The standard InChI is InChI=1S/C17H20ClN5OS/c1-11-10-22(4)20-15(11)16(24)23(8-7-21(2)3)17-19-13-6-5-12(18)9-14(13)25-17/h5-6,9-10H,7-8H2,1-4H3. The lowest BCUT2D eigenvalue weighted by atomic mass is 10.2. The highest BCUT2D eigenvalue weighted by molar-refractivity contribution is 7.22. The van der Waals surface area contributed by atoms with Gasteiger partial charge in [0, 0.05) is 36.9 Å². The molecule has 0 saturated carbocycles. The van der Waals surface area contributed by atoms with Gasteiger partial charge < -0.3 is 4.90 Å². The maximum atomic E-state index is 13.1. The number of likely N-dealkylation sites (N-methyl/N-ethyl adjacent to an activating group) is 1. The number of aromatic nitrogens is 3. The number of rotatable bonds is 5. The van der Waals surface area contributed by atoms with Crippen molar-refractivity contribution in [1.29, 1.82) is 0 Å². The zero-order valence-corrected chi connectivity index (χ0v) is 16.2. The molecule has 1 amide bonds. The summed E-state index contributed by atoms with van der Waals surface area (Å²) in [6, 6.07) is 5.55. The van der Waals surface area contributed by atoms with Gasteiger partial charge in [-0.1, -0.05) is 22.9 Å². The van der Waals surface area contributed by atoms with Crippen molar-refractivity contribution in [2.24, 2.45) is 7.05 Å². The first-order valence-corrected chi connectivity index (χ1v) is 9.07. The Morgan fingerprint density at radius 2 is 2.08 bits per heavy atom. The van der Waals surface area contributed by atoms with Crippen LogP contribution in [0, 0.1) is 6.92 Å². The first-order valence-electron chi connectivity index (χ1n) is 7.88. The van der Waals surface area contributed by atoms with Crippen LogP contribution in [0.3, 0.4) is 0 Å². The smallest absolute Gasteiger partial charge is 0.280 e. The van der Waals surface area contributed by atoms with Crippen molar-refractivity contribution >= 4 is 44.2 Å². The molecule has 0 spiro atoms. The number of amides is 1. The van der Waals surface area contributed by atoms with Crippen molar-refractivity contribution in [2.75, 3.05) is 32.1 Å². The Balaban J connectivity index is 2.00. The van der Waals surface area contributed by atoms with E-state index < -0.39 is 0 Å². The Labute approximate surface area is 155 Å². The number of carbonyl (C=O) groups is 1. The highest BCUT2D eigenvalue weighted by Gasteiger charge is 2.25. The van der Waals surface area contributed by atoms with E-state index in [0.717, 1.165) is 22.3 Å². The fourth-order valence-electron chi connectivity index (χ4n) is 2.53. The Hall–Kier alpha value is -1.96. The predicted octanol–water partition coefficient (Wildman–Crippen LogP) is 3.20. The Bertz CT molecular complexity index is 917. The highest BCUT2D eigenvalue weighted by atomic mass is 35.5. The summed E-state index contributed by atoms with van der Waals surface area (Å²) in [5.41, 5.74) is 2.15. The van der Waals surface area contributed by atoms with Gasteiger partial charge in [-0.3, -0.25) is 14.4 Å². The van der Waals surface area contributed by atoms with E-state index in [2.05, 4.69) is 10.1 Å². The lowest BCUT2D eigenvalue weighted by molar-refractivity contribution is 0.0979. The third kappa shape index (κ3) is 3.84. The molecule has 25 heavy (non-hydrogen) atoms. The number of hydrogen-bond acceptors (Lipinski definition) is 5. The van der Waals surface area contributed by atoms with Crippen LogP contribution in [0.25, 0.3) is 10.2 Å². The first-order chi connectivity index (χ1) is 11.8. The molecule has 3 aromatic rings. The van der Waals surface area contributed by atoms with Gasteiger partial charge in [0.05, 0.1) is 10.2 Å². The van der Waals surface area contributed by atoms with E-state index in [4.69, 9.17) is 11.6 Å². The molecule has 0 N–H and O–H groups in total. The molecule has 0 unspecified atom stereocenters. The van der Waals surface area contributed by atoms with E-state index in [1.165, 1.54) is 11.3 Å². The van der Waals surface area contributed by atoms with Crippen LogP contribution in [0.4, 0.5) is 5.13 Å². The van der Waals surface area contributed by atoms with Gasteiger partial charge in [0.2, 0.25) is 0 Å². The molecule has 0 aliphatic rings. The van der Waals surface area contributed by atoms with E-state index in [1.807, 2.05) is 57.4 Å². The van der Waals surface area contributed by atoms with Gasteiger partial charge in [-0.25, -0.2) is 4.98 Å². The minimum atomic E-state index is -0.134. The average Bonchev–Trinajstić information content (AvgIpc) is 3.09. The highest BCUT2D eigenvalue weighted by Crippen LogP contribution is 2.31. The quantitative estimate of drug-likeness (QED) is 0.685. The molecule has 0 fully saturated rings. The molecule has 0 aliphatic heterocycles. The van der Waals surface area contributed by atoms with Gasteiger partial charge in [-0.05, 0) is 39.2 Å². The van der Waals surface area contributed by atoms with Gasteiger partial charge >= 0.3 is 0 Å². The molecule has 0 aliphatic carbocycles. The maximum Gasteiger partial charge on any atom is 0.280 e. The number of fused-ring (bicyclic) bond motifs is 1. The summed E-state index contributed by atoms with van der Waals surface area (Å²) in [5, 5.41) is 5.64. The summed E-state index contributed by atoms with van der Waals surface area (Å²) in [6.07, 6.45) is 1.84. The topological polar surface area (TPSA) is 54.3 Å². The summed E-state index contributed by atoms with van der Waals surface area (Å²) in [6.45, 7) is 3.16. The first kappa shape index (κ1) is 17.8. The number of hydrogen-bond donors (Lipinski definition) is 0. The summed E-state index contributed by atoms with van der Waals surface area (Å²) in [7, 11) is 5.77. The van der Waals surface area contributed by atoms with Crippen molar-refractivity contribution < 1.29 is 4.79 Å². The van der Waals surface area contributed by atoms with Crippen molar-refractivity contribution in [3.05, 3.63) is 40.7 Å². The van der Waals surface area contributed by atoms with E-state index in [0.29, 0.717) is 22.4 Å². The summed E-state index contributed by atoms with van der Waals surface area (Å²) in [5.74, 6) is -0.134. The lowest BCUT2D eigenvalue weighted by Gasteiger charge is -2.21. The zero-order valence-electron chi connectivity index (χ0n) is 14.7. The van der Waals surface area contributed by atoms with E-state index in [9.17, 15) is 4.79 Å². The molecule has 0 saturated heterocycles. The number of thiazole rings is 1. The van der Waals surface area contributed by atoms with Crippen molar-refractivity contribution in [3.8, 4) is 0 Å². The van der Waals surface area contributed by atoms with Crippen LogP contribution in [0.1, 0.15) is 16.1 Å². The van der Waals surface area contributed by atoms with Gasteiger partial charge in [0.15, 0.2) is 10.8 Å². The summed E-state index contributed by atoms with van der Waals surface area (Å²) >= 11 is 7.53. The Morgan fingerprint density at radius 1 is 1.32 bits per heavy atom. The summed E-state index contributed by atoms with van der Waals surface area (Å²) in [4.78, 5) is 21.5. The fraction of sp³-hybridized carbons (Fsp3) is 0.353. The number of halogens is 1. The third-order valence-electron chi connectivity index (χ3n) is 3.80. The predicted molar refractivity (Wildman–Crippen MR) is 103 cm³/mol. The molecule has 8 heteroatoms. The normalized spacial score (nSPS) is 11.4. The van der Waals surface area contributed by atoms with Crippen LogP contribution in [-0.4, -0.2) is 52.8 Å². The maximum absolute atomic E-state index is 13.1. The molecule has 132 valence electrons. The molecule has 0 atom stereocenters. The van der Waals surface area contributed by atoms with Crippen LogP contribution < -0.4 is 4.90 Å². The molecule has 1 aromatic carbocycles. The van der Waals surface area contributed by atoms with Gasteiger partial charge in [0.1, 0.15) is 0 Å². The molecule has 3 rings (SSSR count). The number of carbonyl (C=O) groups excluding carboxylic acids is 1. The second kappa shape index (κ2) is 7.11.